The van der Waals surface area contributed by atoms with Crippen LogP contribution in [0, 0.1) is 23.6 Å². The number of nitrogens with zero attached hydrogens (tertiary/aromatic N) is 1. The van der Waals surface area contributed by atoms with Crippen molar-refractivity contribution >= 4 is 11.9 Å². The lowest BCUT2D eigenvalue weighted by Gasteiger charge is -2.16. The summed E-state index contributed by atoms with van der Waals surface area (Å²) in [4.78, 5) is 25.4. The minimum atomic E-state index is -0.854. The molecule has 1 N–H and O–H groups in total. The van der Waals surface area contributed by atoms with Gasteiger partial charge in [-0.3, -0.25) is 9.59 Å². The number of halogens is 1. The minimum Gasteiger partial charge on any atom is -0.494 e. The number of hydrogen-bond acceptors (Lipinski definition) is 3. The zero-order valence-corrected chi connectivity index (χ0v) is 12.3. The summed E-state index contributed by atoms with van der Waals surface area (Å²) < 4.78 is 18.6. The van der Waals surface area contributed by atoms with E-state index in [2.05, 4.69) is 0 Å². The Hall–Kier alpha value is -2.11. The highest BCUT2D eigenvalue weighted by atomic mass is 19.1. The average Bonchev–Trinajstić information content (AvgIpc) is 3.24. The number of hydrogen-bond donors (Lipinski definition) is 1. The first-order valence-electron chi connectivity index (χ1n) is 7.37. The summed E-state index contributed by atoms with van der Waals surface area (Å²) in [5, 5.41) is 9.33. The molecule has 0 aromatic heterocycles. The maximum Gasteiger partial charge on any atom is 0.308 e. The normalized spacial score (nSPS) is 24.4. The largest absolute Gasteiger partial charge is 0.494 e. The van der Waals surface area contributed by atoms with E-state index in [0.717, 1.165) is 18.9 Å². The Kier molecular flexibility index (Phi) is 3.76. The fraction of sp³-hybridized carbons (Fsp3) is 0.500. The zero-order chi connectivity index (χ0) is 15.9. The molecule has 118 valence electrons. The minimum absolute atomic E-state index is 0.0181. The fourth-order valence-corrected chi connectivity index (χ4v) is 3.24. The fourth-order valence-electron chi connectivity index (χ4n) is 3.24. The number of carbonyl (C=O) groups is 2. The highest BCUT2D eigenvalue weighted by molar-refractivity contribution is 5.95. The van der Waals surface area contributed by atoms with E-state index < -0.39 is 17.7 Å². The Labute approximate surface area is 127 Å². The van der Waals surface area contributed by atoms with Crippen LogP contribution in [-0.2, 0) is 4.79 Å². The first-order valence-corrected chi connectivity index (χ1v) is 7.37. The molecule has 2 atom stereocenters. The molecule has 1 aliphatic heterocycles. The second-order valence-electron chi connectivity index (χ2n) is 6.01. The van der Waals surface area contributed by atoms with Crippen LogP contribution in [0.3, 0.4) is 0 Å². The quantitative estimate of drug-likeness (QED) is 0.924. The van der Waals surface area contributed by atoms with Gasteiger partial charge in [0.25, 0.3) is 5.91 Å². The van der Waals surface area contributed by atoms with Crippen LogP contribution in [0.4, 0.5) is 4.39 Å². The van der Waals surface area contributed by atoms with Crippen LogP contribution >= 0.6 is 0 Å². The van der Waals surface area contributed by atoms with E-state index in [1.54, 1.807) is 0 Å². The number of amides is 1. The van der Waals surface area contributed by atoms with Gasteiger partial charge in [0, 0.05) is 18.7 Å². The molecule has 1 aromatic carbocycles. The third-order valence-electron chi connectivity index (χ3n) is 4.60. The van der Waals surface area contributed by atoms with Crippen LogP contribution in [0.5, 0.6) is 5.75 Å². The molecule has 1 aliphatic carbocycles. The number of likely N-dealkylation sites (tertiary alicyclic amines) is 1. The molecule has 2 fully saturated rings. The number of methoxy groups -OCH3 is 1. The zero-order valence-electron chi connectivity index (χ0n) is 12.3. The lowest BCUT2D eigenvalue weighted by Crippen LogP contribution is -2.30. The Morgan fingerprint density at radius 3 is 2.59 bits per heavy atom. The lowest BCUT2D eigenvalue weighted by molar-refractivity contribution is -0.142. The summed E-state index contributed by atoms with van der Waals surface area (Å²) in [6.07, 6.45) is 2.07. The molecule has 22 heavy (non-hydrogen) atoms. The Morgan fingerprint density at radius 1 is 1.32 bits per heavy atom. The molecule has 1 saturated heterocycles. The molecule has 5 nitrogen and oxygen atoms in total. The molecule has 1 saturated carbocycles. The van der Waals surface area contributed by atoms with Gasteiger partial charge >= 0.3 is 5.97 Å². The van der Waals surface area contributed by atoms with Crippen LogP contribution in [-0.4, -0.2) is 42.1 Å². The number of rotatable bonds is 4. The van der Waals surface area contributed by atoms with Gasteiger partial charge < -0.3 is 14.7 Å². The van der Waals surface area contributed by atoms with E-state index in [4.69, 9.17) is 4.74 Å². The third-order valence-corrected chi connectivity index (χ3v) is 4.60. The van der Waals surface area contributed by atoms with Crippen molar-refractivity contribution in [2.45, 2.75) is 12.8 Å². The number of benzene rings is 1. The van der Waals surface area contributed by atoms with Crippen LogP contribution in [0.2, 0.25) is 0 Å². The molecular formula is C16H18FNO4. The monoisotopic (exact) mass is 307 g/mol. The standard InChI is InChI=1S/C16H18FNO4/c1-22-14-5-4-10(6-13(14)17)15(19)18-7-11(9-2-3-9)12(8-18)16(20)21/h4-6,9,11-12H,2-3,7-8H2,1H3,(H,20,21)/t11-,12+/m1/s1. The summed E-state index contributed by atoms with van der Waals surface area (Å²) in [5.74, 6) is -1.78. The second-order valence-corrected chi connectivity index (χ2v) is 6.01. The van der Waals surface area contributed by atoms with Crippen molar-refractivity contribution in [3.05, 3.63) is 29.6 Å². The first-order chi connectivity index (χ1) is 10.5. The van der Waals surface area contributed by atoms with Crippen molar-refractivity contribution in [2.24, 2.45) is 17.8 Å². The predicted molar refractivity (Wildman–Crippen MR) is 76.2 cm³/mol. The smallest absolute Gasteiger partial charge is 0.308 e. The van der Waals surface area contributed by atoms with Crippen LogP contribution in [0.15, 0.2) is 18.2 Å². The van der Waals surface area contributed by atoms with Crippen molar-refractivity contribution in [1.29, 1.82) is 0 Å². The van der Waals surface area contributed by atoms with E-state index in [0.29, 0.717) is 12.5 Å². The molecule has 1 amide bonds. The number of carbonyl (C=O) groups excluding carboxylic acids is 1. The van der Waals surface area contributed by atoms with E-state index >= 15 is 0 Å². The first kappa shape index (κ1) is 14.8. The molecule has 3 rings (SSSR count). The molecule has 0 spiro atoms. The summed E-state index contributed by atoms with van der Waals surface area (Å²) in [7, 11) is 1.36. The molecule has 0 unspecified atom stereocenters. The highest BCUT2D eigenvalue weighted by Crippen LogP contribution is 2.44. The molecule has 0 bridgehead atoms. The summed E-state index contributed by atoms with van der Waals surface area (Å²) in [6.45, 7) is 0.636. The summed E-state index contributed by atoms with van der Waals surface area (Å²) in [6, 6.07) is 4.05. The third kappa shape index (κ3) is 2.65. The van der Waals surface area contributed by atoms with Gasteiger partial charge in [-0.05, 0) is 42.9 Å². The van der Waals surface area contributed by atoms with Gasteiger partial charge in [0.2, 0.25) is 0 Å². The van der Waals surface area contributed by atoms with Crippen LogP contribution in [0.25, 0.3) is 0 Å². The van der Waals surface area contributed by atoms with Gasteiger partial charge in [0.1, 0.15) is 0 Å². The molecule has 2 aliphatic rings. The molecular weight excluding hydrogens is 289 g/mol. The van der Waals surface area contributed by atoms with Gasteiger partial charge in [-0.25, -0.2) is 4.39 Å². The Morgan fingerprint density at radius 2 is 2.05 bits per heavy atom. The van der Waals surface area contributed by atoms with Crippen LogP contribution < -0.4 is 4.74 Å². The maximum atomic E-state index is 13.7. The number of carboxylic acids is 1. The van der Waals surface area contributed by atoms with Crippen molar-refractivity contribution in [3.63, 3.8) is 0 Å². The van der Waals surface area contributed by atoms with Crippen molar-refractivity contribution in [1.82, 2.24) is 4.90 Å². The molecule has 1 heterocycles. The molecule has 1 aromatic rings. The summed E-state index contributed by atoms with van der Waals surface area (Å²) >= 11 is 0. The van der Waals surface area contributed by atoms with E-state index in [9.17, 15) is 19.1 Å². The van der Waals surface area contributed by atoms with Gasteiger partial charge in [-0.15, -0.1) is 0 Å². The Balaban J connectivity index is 1.77. The number of ether oxygens (including phenoxy) is 1. The van der Waals surface area contributed by atoms with Crippen molar-refractivity contribution < 1.29 is 23.8 Å². The summed E-state index contributed by atoms with van der Waals surface area (Å²) in [5.41, 5.74) is 0.221. The maximum absolute atomic E-state index is 13.7. The van der Waals surface area contributed by atoms with Crippen molar-refractivity contribution in [3.8, 4) is 5.75 Å². The second kappa shape index (κ2) is 5.59. The van der Waals surface area contributed by atoms with E-state index in [-0.39, 0.29) is 29.7 Å². The van der Waals surface area contributed by atoms with Gasteiger partial charge in [-0.2, -0.15) is 0 Å². The molecule has 0 radical (unpaired) electrons. The van der Waals surface area contributed by atoms with Gasteiger partial charge in [0.05, 0.1) is 13.0 Å². The van der Waals surface area contributed by atoms with Gasteiger partial charge in [-0.1, -0.05) is 0 Å². The number of aliphatic carboxylic acids is 1. The highest BCUT2D eigenvalue weighted by Gasteiger charge is 2.46. The van der Waals surface area contributed by atoms with Crippen LogP contribution in [0.1, 0.15) is 23.2 Å². The number of carboxylic acid groups (broad SMARTS) is 1. The SMILES string of the molecule is COc1ccc(C(=O)N2C[C@H](C(=O)O)[C@@H](C3CC3)C2)cc1F. The topological polar surface area (TPSA) is 66.8 Å². The predicted octanol–water partition coefficient (Wildman–Crippen LogP) is 2.02. The molecule has 6 heteroatoms. The lowest BCUT2D eigenvalue weighted by atomic mass is 9.92. The van der Waals surface area contributed by atoms with Crippen molar-refractivity contribution in [2.75, 3.05) is 20.2 Å². The Bertz CT molecular complexity index is 614. The van der Waals surface area contributed by atoms with E-state index in [1.165, 1.54) is 24.1 Å². The average molecular weight is 307 g/mol. The van der Waals surface area contributed by atoms with E-state index in [1.807, 2.05) is 0 Å². The van der Waals surface area contributed by atoms with Gasteiger partial charge in [0.15, 0.2) is 11.6 Å².